The maximum atomic E-state index is 11.7. The summed E-state index contributed by atoms with van der Waals surface area (Å²) in [5.74, 6) is -0.509. The zero-order valence-electron chi connectivity index (χ0n) is 11.1. The van der Waals surface area contributed by atoms with Gasteiger partial charge in [0.1, 0.15) is 0 Å². The monoisotopic (exact) mass is 240 g/mol. The van der Waals surface area contributed by atoms with Gasteiger partial charge < -0.3 is 10.6 Å². The van der Waals surface area contributed by atoms with Crippen molar-refractivity contribution in [2.75, 3.05) is 0 Å². The quantitative estimate of drug-likeness (QED) is 0.736. The van der Waals surface area contributed by atoms with Crippen LogP contribution in [0.4, 0.5) is 0 Å². The molecule has 2 N–H and O–H groups in total. The standard InChI is InChI=1S/C13H24N2O2/c1-4-10(3)14-12(16)13(17)15-11-8-6-5-7-9(11)2/h9-11H,4-8H2,1-3H3,(H,14,16)(H,15,17)/t9-,10-,11-/m0/s1. The molecule has 0 aromatic rings. The van der Waals surface area contributed by atoms with Gasteiger partial charge in [-0.15, -0.1) is 0 Å². The van der Waals surface area contributed by atoms with Crippen LogP contribution >= 0.6 is 0 Å². The fraction of sp³-hybridized carbons (Fsp3) is 0.846. The fourth-order valence-corrected chi connectivity index (χ4v) is 2.16. The summed E-state index contributed by atoms with van der Waals surface area (Å²) in [7, 11) is 0. The largest absolute Gasteiger partial charge is 0.345 e. The van der Waals surface area contributed by atoms with Gasteiger partial charge in [-0.1, -0.05) is 26.7 Å². The molecule has 0 heterocycles. The van der Waals surface area contributed by atoms with Crippen LogP contribution in [0.5, 0.6) is 0 Å². The first-order valence-corrected chi connectivity index (χ1v) is 6.66. The first kappa shape index (κ1) is 14.0. The average Bonchev–Trinajstić information content (AvgIpc) is 2.31. The first-order valence-electron chi connectivity index (χ1n) is 6.66. The molecule has 0 radical (unpaired) electrons. The molecule has 3 atom stereocenters. The first-order chi connectivity index (χ1) is 8.04. The van der Waals surface area contributed by atoms with E-state index in [9.17, 15) is 9.59 Å². The number of hydrogen-bond acceptors (Lipinski definition) is 2. The van der Waals surface area contributed by atoms with Crippen LogP contribution in [0.1, 0.15) is 52.9 Å². The summed E-state index contributed by atoms with van der Waals surface area (Å²) >= 11 is 0. The van der Waals surface area contributed by atoms with Crippen LogP contribution in [0, 0.1) is 5.92 Å². The third-order valence-corrected chi connectivity index (χ3v) is 3.62. The van der Waals surface area contributed by atoms with Gasteiger partial charge in [-0.05, 0) is 32.1 Å². The van der Waals surface area contributed by atoms with Crippen LogP contribution in [0.15, 0.2) is 0 Å². The van der Waals surface area contributed by atoms with Crippen LogP contribution in [-0.4, -0.2) is 23.9 Å². The summed E-state index contributed by atoms with van der Waals surface area (Å²) in [6.07, 6.45) is 5.33. The van der Waals surface area contributed by atoms with E-state index in [0.29, 0.717) is 5.92 Å². The van der Waals surface area contributed by atoms with Gasteiger partial charge in [0.2, 0.25) is 0 Å². The highest BCUT2D eigenvalue weighted by Crippen LogP contribution is 2.23. The van der Waals surface area contributed by atoms with Crippen LogP contribution < -0.4 is 10.6 Å². The van der Waals surface area contributed by atoms with E-state index in [4.69, 9.17) is 0 Å². The molecule has 0 bridgehead atoms. The second-order valence-corrected chi connectivity index (χ2v) is 5.12. The Balaban J connectivity index is 2.39. The smallest absolute Gasteiger partial charge is 0.309 e. The summed E-state index contributed by atoms with van der Waals surface area (Å²) in [6, 6.07) is 0.218. The van der Waals surface area contributed by atoms with Gasteiger partial charge in [-0.25, -0.2) is 0 Å². The maximum absolute atomic E-state index is 11.7. The zero-order chi connectivity index (χ0) is 12.8. The van der Waals surface area contributed by atoms with Gasteiger partial charge in [-0.3, -0.25) is 9.59 Å². The van der Waals surface area contributed by atoms with E-state index >= 15 is 0 Å². The van der Waals surface area contributed by atoms with Crippen molar-refractivity contribution in [2.45, 2.75) is 65.0 Å². The second kappa shape index (κ2) is 6.62. The summed E-state index contributed by atoms with van der Waals surface area (Å²) in [6.45, 7) is 6.01. The van der Waals surface area contributed by atoms with E-state index in [2.05, 4.69) is 17.6 Å². The lowest BCUT2D eigenvalue weighted by molar-refractivity contribution is -0.140. The van der Waals surface area contributed by atoms with E-state index in [1.165, 1.54) is 6.42 Å². The van der Waals surface area contributed by atoms with Gasteiger partial charge in [0.25, 0.3) is 0 Å². The van der Waals surface area contributed by atoms with Crippen LogP contribution in [0.25, 0.3) is 0 Å². The molecule has 2 amide bonds. The highest BCUT2D eigenvalue weighted by atomic mass is 16.2. The van der Waals surface area contributed by atoms with Gasteiger partial charge in [0.05, 0.1) is 0 Å². The molecule has 98 valence electrons. The third-order valence-electron chi connectivity index (χ3n) is 3.62. The van der Waals surface area contributed by atoms with Crippen molar-refractivity contribution in [1.82, 2.24) is 10.6 Å². The normalized spacial score (nSPS) is 26.1. The van der Waals surface area contributed by atoms with E-state index in [1.54, 1.807) is 0 Å². The minimum absolute atomic E-state index is 0.0528. The lowest BCUT2D eigenvalue weighted by Crippen LogP contribution is -2.49. The minimum Gasteiger partial charge on any atom is -0.345 e. The predicted octanol–water partition coefficient (Wildman–Crippen LogP) is 1.60. The molecule has 0 aromatic carbocycles. The van der Waals surface area contributed by atoms with Crippen LogP contribution in [-0.2, 0) is 9.59 Å². The topological polar surface area (TPSA) is 58.2 Å². The van der Waals surface area contributed by atoms with E-state index in [1.807, 2.05) is 13.8 Å². The molecule has 4 nitrogen and oxygen atoms in total. The summed E-state index contributed by atoms with van der Waals surface area (Å²) in [5, 5.41) is 5.53. The molecule has 0 aliphatic heterocycles. The highest BCUT2D eigenvalue weighted by molar-refractivity contribution is 6.35. The van der Waals surface area contributed by atoms with Crippen molar-refractivity contribution in [3.05, 3.63) is 0 Å². The van der Waals surface area contributed by atoms with Crippen molar-refractivity contribution >= 4 is 11.8 Å². The molecular formula is C13H24N2O2. The Bertz CT molecular complexity index is 279. The number of amides is 2. The van der Waals surface area contributed by atoms with Crippen molar-refractivity contribution in [1.29, 1.82) is 0 Å². The predicted molar refractivity (Wildman–Crippen MR) is 67.5 cm³/mol. The van der Waals surface area contributed by atoms with Crippen LogP contribution in [0.3, 0.4) is 0 Å². The Kier molecular flexibility index (Phi) is 5.45. The highest BCUT2D eigenvalue weighted by Gasteiger charge is 2.25. The maximum Gasteiger partial charge on any atom is 0.309 e. The van der Waals surface area contributed by atoms with E-state index < -0.39 is 11.8 Å². The molecule has 4 heteroatoms. The van der Waals surface area contributed by atoms with Crippen LogP contribution in [0.2, 0.25) is 0 Å². The van der Waals surface area contributed by atoms with E-state index in [0.717, 1.165) is 25.7 Å². The number of carbonyl (C=O) groups excluding carboxylic acids is 2. The molecule has 1 fully saturated rings. The molecule has 0 saturated heterocycles. The fourth-order valence-electron chi connectivity index (χ4n) is 2.16. The zero-order valence-corrected chi connectivity index (χ0v) is 11.1. The molecule has 1 saturated carbocycles. The Morgan fingerprint density at radius 1 is 1.24 bits per heavy atom. The van der Waals surface area contributed by atoms with Crippen molar-refractivity contribution in [2.24, 2.45) is 5.92 Å². The third kappa shape index (κ3) is 4.36. The van der Waals surface area contributed by atoms with Gasteiger partial charge >= 0.3 is 11.8 Å². The Labute approximate surface area is 104 Å². The molecule has 17 heavy (non-hydrogen) atoms. The second-order valence-electron chi connectivity index (χ2n) is 5.12. The number of nitrogens with one attached hydrogen (secondary N) is 2. The molecule has 1 rings (SSSR count). The lowest BCUT2D eigenvalue weighted by atomic mass is 9.86. The summed E-state index contributed by atoms with van der Waals surface area (Å²) in [5.41, 5.74) is 0. The van der Waals surface area contributed by atoms with Gasteiger partial charge in [0.15, 0.2) is 0 Å². The molecule has 1 aliphatic carbocycles. The number of carbonyl (C=O) groups is 2. The molecule has 1 aliphatic rings. The Hall–Kier alpha value is -1.06. The van der Waals surface area contributed by atoms with Gasteiger partial charge in [0, 0.05) is 12.1 Å². The van der Waals surface area contributed by atoms with Gasteiger partial charge in [-0.2, -0.15) is 0 Å². The SMILES string of the molecule is CC[C@H](C)NC(=O)C(=O)N[C@H]1CCCC[C@@H]1C. The van der Waals surface area contributed by atoms with Crippen molar-refractivity contribution < 1.29 is 9.59 Å². The van der Waals surface area contributed by atoms with Crippen molar-refractivity contribution in [3.63, 3.8) is 0 Å². The number of rotatable bonds is 3. The summed E-state index contributed by atoms with van der Waals surface area (Å²) in [4.78, 5) is 23.3. The average molecular weight is 240 g/mol. The van der Waals surface area contributed by atoms with E-state index in [-0.39, 0.29) is 12.1 Å². The molecular weight excluding hydrogens is 216 g/mol. The Morgan fingerprint density at radius 3 is 2.47 bits per heavy atom. The molecule has 0 spiro atoms. The Morgan fingerprint density at radius 2 is 1.88 bits per heavy atom. The molecule has 0 aromatic heterocycles. The lowest BCUT2D eigenvalue weighted by Gasteiger charge is -2.29. The van der Waals surface area contributed by atoms with Crippen molar-refractivity contribution in [3.8, 4) is 0 Å². The number of hydrogen-bond donors (Lipinski definition) is 2. The molecule has 0 unspecified atom stereocenters. The minimum atomic E-state index is -0.503. The summed E-state index contributed by atoms with van der Waals surface area (Å²) < 4.78 is 0.